The molecule has 0 radical (unpaired) electrons. The van der Waals surface area contributed by atoms with Gasteiger partial charge in [-0.25, -0.2) is 4.68 Å². The summed E-state index contributed by atoms with van der Waals surface area (Å²) in [5.41, 5.74) is 6.73. The number of nitrogens with two attached hydrogens (primary N) is 1. The van der Waals surface area contributed by atoms with Crippen molar-refractivity contribution in [2.24, 2.45) is 5.73 Å². The second-order valence-corrected chi connectivity index (χ2v) is 5.21. The lowest BCUT2D eigenvalue weighted by Gasteiger charge is -2.10. The number of furan rings is 1. The van der Waals surface area contributed by atoms with E-state index >= 15 is 0 Å². The summed E-state index contributed by atoms with van der Waals surface area (Å²) in [7, 11) is 0. The van der Waals surface area contributed by atoms with E-state index in [0.717, 1.165) is 16.0 Å². The first kappa shape index (κ1) is 14.1. The molecule has 114 valence electrons. The molecule has 0 aromatic carbocycles. The first-order valence-corrected chi connectivity index (χ1v) is 6.86. The van der Waals surface area contributed by atoms with Crippen molar-refractivity contribution in [2.45, 2.75) is 26.4 Å². The summed E-state index contributed by atoms with van der Waals surface area (Å²) in [5, 5.41) is 4.68. The van der Waals surface area contributed by atoms with Gasteiger partial charge in [-0.05, 0) is 13.8 Å². The Morgan fingerprint density at radius 2 is 2.32 bits per heavy atom. The summed E-state index contributed by atoms with van der Waals surface area (Å²) < 4.78 is 8.58. The fourth-order valence-corrected chi connectivity index (χ4v) is 2.61. The Morgan fingerprint density at radius 3 is 2.95 bits per heavy atom. The normalized spacial score (nSPS) is 12.8. The molecule has 0 aliphatic carbocycles. The van der Waals surface area contributed by atoms with Crippen LogP contribution in [0, 0.1) is 6.92 Å². The number of carbonyl (C=O) groups is 1. The summed E-state index contributed by atoms with van der Waals surface area (Å²) in [4.78, 5) is 24.1. The van der Waals surface area contributed by atoms with Gasteiger partial charge in [0.15, 0.2) is 5.58 Å². The predicted octanol–water partition coefficient (Wildman–Crippen LogP) is 1.48. The number of primary amides is 1. The van der Waals surface area contributed by atoms with Crippen LogP contribution in [0.4, 0.5) is 0 Å². The molecule has 3 rings (SSSR count). The van der Waals surface area contributed by atoms with Gasteiger partial charge in [0.1, 0.15) is 17.3 Å². The van der Waals surface area contributed by atoms with Crippen molar-refractivity contribution in [3.63, 3.8) is 0 Å². The molecule has 3 aromatic heterocycles. The molecule has 0 aliphatic rings. The topological polar surface area (TPSA) is 96.0 Å². The summed E-state index contributed by atoms with van der Waals surface area (Å²) in [6.45, 7) is 7.55. The average Bonchev–Trinajstić information content (AvgIpc) is 2.97. The summed E-state index contributed by atoms with van der Waals surface area (Å²) in [6, 6.07) is 1.04. The molecular weight excluding hydrogens is 284 g/mol. The second-order valence-electron chi connectivity index (χ2n) is 5.21. The van der Waals surface area contributed by atoms with Crippen LogP contribution in [-0.2, 0) is 11.3 Å². The molecule has 0 fully saturated rings. The van der Waals surface area contributed by atoms with E-state index in [2.05, 4.69) is 11.7 Å². The minimum atomic E-state index is -0.822. The van der Waals surface area contributed by atoms with Gasteiger partial charge in [0.2, 0.25) is 5.91 Å². The zero-order valence-corrected chi connectivity index (χ0v) is 12.4. The molecule has 0 bridgehead atoms. The number of carbonyl (C=O) groups excluding carboxylic acids is 1. The van der Waals surface area contributed by atoms with Gasteiger partial charge in [0.05, 0.1) is 17.1 Å². The maximum Gasteiger partial charge on any atom is 0.292 e. The van der Waals surface area contributed by atoms with E-state index < -0.39 is 11.9 Å². The van der Waals surface area contributed by atoms with Gasteiger partial charge in [0.25, 0.3) is 5.56 Å². The summed E-state index contributed by atoms with van der Waals surface area (Å²) in [5.74, 6) is 0.134. The highest BCUT2D eigenvalue weighted by molar-refractivity contribution is 6.04. The van der Waals surface area contributed by atoms with Gasteiger partial charge in [-0.3, -0.25) is 9.59 Å². The smallest absolute Gasteiger partial charge is 0.292 e. The van der Waals surface area contributed by atoms with Crippen LogP contribution < -0.4 is 11.3 Å². The Labute approximate surface area is 125 Å². The van der Waals surface area contributed by atoms with E-state index in [1.807, 2.05) is 17.6 Å². The predicted molar refractivity (Wildman–Crippen MR) is 82.6 cm³/mol. The van der Waals surface area contributed by atoms with Crippen LogP contribution in [0.25, 0.3) is 22.0 Å². The number of fused-ring (bicyclic) bond motifs is 3. The first-order valence-electron chi connectivity index (χ1n) is 6.86. The monoisotopic (exact) mass is 300 g/mol. The van der Waals surface area contributed by atoms with E-state index in [4.69, 9.17) is 10.2 Å². The first-order chi connectivity index (χ1) is 10.5. The molecule has 7 heteroatoms. The van der Waals surface area contributed by atoms with Crippen molar-refractivity contribution in [2.75, 3.05) is 0 Å². The Morgan fingerprint density at radius 1 is 1.59 bits per heavy atom. The molecule has 1 amide bonds. The number of aromatic nitrogens is 3. The molecule has 0 saturated carbocycles. The van der Waals surface area contributed by atoms with Crippen LogP contribution in [0.3, 0.4) is 0 Å². The van der Waals surface area contributed by atoms with E-state index in [9.17, 15) is 9.59 Å². The quantitative estimate of drug-likeness (QED) is 0.738. The third-order valence-corrected chi connectivity index (χ3v) is 3.71. The molecule has 0 aliphatic heterocycles. The van der Waals surface area contributed by atoms with E-state index in [-0.39, 0.29) is 5.56 Å². The summed E-state index contributed by atoms with van der Waals surface area (Å²) >= 11 is 0. The van der Waals surface area contributed by atoms with Gasteiger partial charge in [-0.15, -0.1) is 6.58 Å². The number of hydrogen-bond donors (Lipinski definition) is 1. The molecule has 3 heterocycles. The molecule has 22 heavy (non-hydrogen) atoms. The molecule has 7 nitrogen and oxygen atoms in total. The minimum Gasteiger partial charge on any atom is -0.459 e. The average molecular weight is 300 g/mol. The van der Waals surface area contributed by atoms with Crippen LogP contribution >= 0.6 is 0 Å². The van der Waals surface area contributed by atoms with Crippen molar-refractivity contribution in [3.8, 4) is 0 Å². The lowest BCUT2D eigenvalue weighted by atomic mass is 10.3. The number of rotatable bonds is 4. The van der Waals surface area contributed by atoms with Crippen molar-refractivity contribution < 1.29 is 9.21 Å². The van der Waals surface area contributed by atoms with Crippen LogP contribution in [0.1, 0.15) is 18.7 Å². The highest BCUT2D eigenvalue weighted by atomic mass is 16.3. The third kappa shape index (κ3) is 1.86. The Hall–Kier alpha value is -2.83. The second kappa shape index (κ2) is 4.87. The zero-order valence-electron chi connectivity index (χ0n) is 12.4. The van der Waals surface area contributed by atoms with Gasteiger partial charge < -0.3 is 14.7 Å². The van der Waals surface area contributed by atoms with Crippen molar-refractivity contribution >= 4 is 27.9 Å². The van der Waals surface area contributed by atoms with E-state index in [0.29, 0.717) is 23.0 Å². The van der Waals surface area contributed by atoms with E-state index in [1.54, 1.807) is 6.08 Å². The molecule has 1 unspecified atom stereocenters. The molecule has 0 spiro atoms. The Kier molecular flexibility index (Phi) is 3.13. The molecule has 0 saturated heterocycles. The highest BCUT2D eigenvalue weighted by Crippen LogP contribution is 2.29. The maximum absolute atomic E-state index is 12.7. The van der Waals surface area contributed by atoms with Crippen molar-refractivity contribution in [3.05, 3.63) is 41.0 Å². The highest BCUT2D eigenvalue weighted by Gasteiger charge is 2.21. The van der Waals surface area contributed by atoms with Gasteiger partial charge in [-0.2, -0.15) is 5.10 Å². The van der Waals surface area contributed by atoms with Gasteiger partial charge in [-0.1, -0.05) is 6.08 Å². The largest absolute Gasteiger partial charge is 0.459 e. The third-order valence-electron chi connectivity index (χ3n) is 3.71. The van der Waals surface area contributed by atoms with Crippen LogP contribution in [0.15, 0.2) is 34.1 Å². The number of aryl methyl sites for hydroxylation is 1. The Balaban J connectivity index is 2.43. The van der Waals surface area contributed by atoms with Crippen molar-refractivity contribution in [1.29, 1.82) is 0 Å². The number of amides is 1. The van der Waals surface area contributed by atoms with Gasteiger partial charge >= 0.3 is 0 Å². The number of nitrogens with zero attached hydrogens (tertiary/aromatic N) is 3. The molecular formula is C15H16N4O3. The maximum atomic E-state index is 12.7. The van der Waals surface area contributed by atoms with Gasteiger partial charge in [0, 0.05) is 12.6 Å². The summed E-state index contributed by atoms with van der Waals surface area (Å²) in [6.07, 6.45) is 3.23. The Bertz CT molecular complexity index is 961. The standard InChI is InChI=1S/C15H16N4O3/c1-4-5-18-11-6-8(2)22-13(11)10-7-17-19(9(3)14(16)20)15(21)12(10)18/h4,6-7,9H,1,5H2,2-3H3,(H2,16,20). The van der Waals surface area contributed by atoms with Crippen LogP contribution in [0.5, 0.6) is 0 Å². The molecule has 1 atom stereocenters. The molecule has 2 N–H and O–H groups in total. The number of allylic oxidation sites excluding steroid dienone is 1. The fraction of sp³-hybridized carbons (Fsp3) is 0.267. The van der Waals surface area contributed by atoms with Crippen molar-refractivity contribution in [1.82, 2.24) is 14.3 Å². The zero-order chi connectivity index (χ0) is 16.0. The number of hydrogen-bond acceptors (Lipinski definition) is 4. The lowest BCUT2D eigenvalue weighted by Crippen LogP contribution is -2.34. The lowest BCUT2D eigenvalue weighted by molar-refractivity contribution is -0.121. The van der Waals surface area contributed by atoms with Crippen LogP contribution in [-0.4, -0.2) is 20.3 Å². The minimum absolute atomic E-state index is 0.380. The molecule has 3 aromatic rings. The van der Waals surface area contributed by atoms with Crippen LogP contribution in [0.2, 0.25) is 0 Å². The SMILES string of the molecule is C=CCn1c2cc(C)oc2c2cnn(C(C)C(N)=O)c(=O)c21. The van der Waals surface area contributed by atoms with E-state index in [1.165, 1.54) is 13.1 Å². The fourth-order valence-electron chi connectivity index (χ4n) is 2.61.